The normalized spacial score (nSPS) is 16.8. The number of rotatable bonds is 6. The van der Waals surface area contributed by atoms with Gasteiger partial charge >= 0.3 is 0 Å². The van der Waals surface area contributed by atoms with E-state index in [2.05, 4.69) is 32.7 Å². The number of nitrogens with zero attached hydrogens (tertiary/aromatic N) is 5. The van der Waals surface area contributed by atoms with E-state index < -0.39 is 0 Å². The van der Waals surface area contributed by atoms with Gasteiger partial charge in [0.05, 0.1) is 5.69 Å². The zero-order valence-electron chi connectivity index (χ0n) is 12.6. The van der Waals surface area contributed by atoms with Crippen LogP contribution in [-0.4, -0.2) is 57.2 Å². The molecule has 1 atom stereocenters. The molecular formula is C14H20N6OS. The second kappa shape index (κ2) is 6.97. The molecule has 3 rings (SSSR count). The van der Waals surface area contributed by atoms with Crippen molar-refractivity contribution in [1.29, 1.82) is 0 Å². The van der Waals surface area contributed by atoms with Gasteiger partial charge in [0.15, 0.2) is 0 Å². The Morgan fingerprint density at radius 2 is 2.27 bits per heavy atom. The molecule has 0 bridgehead atoms. The molecule has 1 fully saturated rings. The SMILES string of the molecule is CC(CNC(=O)c1sccc1-n1cnnn1)CN1CCCC1. The Hall–Kier alpha value is -1.80. The minimum Gasteiger partial charge on any atom is -0.351 e. The van der Waals surface area contributed by atoms with Crippen LogP contribution in [0, 0.1) is 5.92 Å². The summed E-state index contributed by atoms with van der Waals surface area (Å²) in [6.07, 6.45) is 4.09. The highest BCUT2D eigenvalue weighted by Crippen LogP contribution is 2.20. The third-order valence-electron chi connectivity index (χ3n) is 3.83. The van der Waals surface area contributed by atoms with Gasteiger partial charge in [-0.25, -0.2) is 0 Å². The molecule has 0 radical (unpaired) electrons. The molecule has 1 N–H and O–H groups in total. The van der Waals surface area contributed by atoms with Crippen LogP contribution < -0.4 is 5.32 Å². The van der Waals surface area contributed by atoms with Gasteiger partial charge in [-0.3, -0.25) is 4.79 Å². The van der Waals surface area contributed by atoms with E-state index in [1.54, 1.807) is 0 Å². The number of hydrogen-bond donors (Lipinski definition) is 1. The third-order valence-corrected chi connectivity index (χ3v) is 4.73. The minimum absolute atomic E-state index is 0.0613. The molecule has 2 aromatic heterocycles. The lowest BCUT2D eigenvalue weighted by Crippen LogP contribution is -2.34. The summed E-state index contributed by atoms with van der Waals surface area (Å²) in [7, 11) is 0. The van der Waals surface area contributed by atoms with Gasteiger partial charge in [-0.1, -0.05) is 6.92 Å². The van der Waals surface area contributed by atoms with Crippen LogP contribution in [0.15, 0.2) is 17.8 Å². The Kier molecular flexibility index (Phi) is 4.79. The van der Waals surface area contributed by atoms with Crippen molar-refractivity contribution in [2.45, 2.75) is 19.8 Å². The van der Waals surface area contributed by atoms with Crippen molar-refractivity contribution in [3.05, 3.63) is 22.7 Å². The van der Waals surface area contributed by atoms with Crippen molar-refractivity contribution in [2.75, 3.05) is 26.2 Å². The minimum atomic E-state index is -0.0613. The number of tetrazole rings is 1. The number of likely N-dealkylation sites (tertiary alicyclic amines) is 1. The molecule has 0 aliphatic carbocycles. The van der Waals surface area contributed by atoms with Crippen LogP contribution in [0.2, 0.25) is 0 Å². The Morgan fingerprint density at radius 1 is 1.45 bits per heavy atom. The van der Waals surface area contributed by atoms with E-state index >= 15 is 0 Å². The average Bonchev–Trinajstić information content (AvgIpc) is 3.23. The van der Waals surface area contributed by atoms with Gasteiger partial charge in [-0.05, 0) is 53.7 Å². The standard InChI is InChI=1S/C14H20N6OS/c1-11(9-19-5-2-3-6-19)8-15-14(21)13-12(4-7-22-13)20-10-16-17-18-20/h4,7,10-11H,2-3,5-6,8-9H2,1H3,(H,15,21). The van der Waals surface area contributed by atoms with Crippen molar-refractivity contribution >= 4 is 17.2 Å². The van der Waals surface area contributed by atoms with Gasteiger partial charge in [0, 0.05) is 13.1 Å². The van der Waals surface area contributed by atoms with Gasteiger partial charge in [0.1, 0.15) is 11.2 Å². The first kappa shape index (κ1) is 15.1. The number of aromatic nitrogens is 4. The first-order chi connectivity index (χ1) is 10.7. The maximum absolute atomic E-state index is 12.4. The van der Waals surface area contributed by atoms with Crippen molar-refractivity contribution in [1.82, 2.24) is 30.4 Å². The smallest absolute Gasteiger partial charge is 0.263 e. The van der Waals surface area contributed by atoms with Gasteiger partial charge in [0.25, 0.3) is 5.91 Å². The van der Waals surface area contributed by atoms with E-state index in [4.69, 9.17) is 0 Å². The molecule has 22 heavy (non-hydrogen) atoms. The molecule has 1 saturated heterocycles. The summed E-state index contributed by atoms with van der Waals surface area (Å²) in [5.41, 5.74) is 0.722. The third kappa shape index (κ3) is 3.50. The molecule has 3 heterocycles. The topological polar surface area (TPSA) is 75.9 Å². The predicted octanol–water partition coefficient (Wildman–Crippen LogP) is 1.19. The molecule has 1 unspecified atom stereocenters. The molecule has 1 aliphatic rings. The molecule has 0 saturated carbocycles. The van der Waals surface area contributed by atoms with Crippen LogP contribution in [0.4, 0.5) is 0 Å². The van der Waals surface area contributed by atoms with E-state index in [1.807, 2.05) is 11.4 Å². The first-order valence-electron chi connectivity index (χ1n) is 7.55. The fraction of sp³-hybridized carbons (Fsp3) is 0.571. The fourth-order valence-electron chi connectivity index (χ4n) is 2.74. The number of thiophene rings is 1. The summed E-state index contributed by atoms with van der Waals surface area (Å²) in [6, 6.07) is 1.85. The molecular weight excluding hydrogens is 300 g/mol. The quantitative estimate of drug-likeness (QED) is 0.865. The Balaban J connectivity index is 1.55. The zero-order valence-corrected chi connectivity index (χ0v) is 13.4. The van der Waals surface area contributed by atoms with Crippen molar-refractivity contribution in [3.63, 3.8) is 0 Å². The van der Waals surface area contributed by atoms with Crippen LogP contribution in [0.25, 0.3) is 5.69 Å². The first-order valence-corrected chi connectivity index (χ1v) is 8.43. The van der Waals surface area contributed by atoms with Crippen molar-refractivity contribution in [3.8, 4) is 5.69 Å². The monoisotopic (exact) mass is 320 g/mol. The van der Waals surface area contributed by atoms with Gasteiger partial charge < -0.3 is 10.2 Å². The molecule has 2 aromatic rings. The molecule has 0 spiro atoms. The second-order valence-corrected chi connectivity index (χ2v) is 6.63. The van der Waals surface area contributed by atoms with E-state index in [-0.39, 0.29) is 5.91 Å². The predicted molar refractivity (Wildman–Crippen MR) is 84.2 cm³/mol. The van der Waals surface area contributed by atoms with E-state index in [1.165, 1.54) is 48.3 Å². The number of nitrogens with one attached hydrogen (secondary N) is 1. The summed E-state index contributed by atoms with van der Waals surface area (Å²) in [5, 5.41) is 16.0. The number of carbonyl (C=O) groups excluding carboxylic acids is 1. The van der Waals surface area contributed by atoms with Crippen molar-refractivity contribution in [2.24, 2.45) is 5.92 Å². The summed E-state index contributed by atoms with van der Waals surface area (Å²) < 4.78 is 1.51. The second-order valence-electron chi connectivity index (χ2n) is 5.71. The van der Waals surface area contributed by atoms with Crippen LogP contribution in [0.1, 0.15) is 29.4 Å². The molecule has 1 aliphatic heterocycles. The maximum atomic E-state index is 12.4. The number of amides is 1. The Morgan fingerprint density at radius 3 is 3.00 bits per heavy atom. The fourth-order valence-corrected chi connectivity index (χ4v) is 3.54. The van der Waals surface area contributed by atoms with E-state index in [0.29, 0.717) is 17.3 Å². The summed E-state index contributed by atoms with van der Waals surface area (Å²) in [6.45, 7) is 6.28. The molecule has 118 valence electrons. The number of carbonyl (C=O) groups is 1. The van der Waals surface area contributed by atoms with Crippen LogP contribution >= 0.6 is 11.3 Å². The van der Waals surface area contributed by atoms with E-state index in [9.17, 15) is 4.79 Å². The molecule has 8 heteroatoms. The largest absolute Gasteiger partial charge is 0.351 e. The molecule has 0 aromatic carbocycles. The lowest BCUT2D eigenvalue weighted by atomic mass is 10.1. The van der Waals surface area contributed by atoms with Gasteiger partial charge in [-0.2, -0.15) is 4.68 Å². The molecule has 7 nitrogen and oxygen atoms in total. The highest BCUT2D eigenvalue weighted by molar-refractivity contribution is 7.12. The van der Waals surface area contributed by atoms with Crippen molar-refractivity contribution < 1.29 is 4.79 Å². The van der Waals surface area contributed by atoms with Crippen LogP contribution in [0.3, 0.4) is 0 Å². The highest BCUT2D eigenvalue weighted by atomic mass is 32.1. The Bertz CT molecular complexity index is 605. The van der Waals surface area contributed by atoms with E-state index in [0.717, 1.165) is 12.2 Å². The summed E-state index contributed by atoms with van der Waals surface area (Å²) in [4.78, 5) is 15.5. The Labute approximate surface area is 133 Å². The summed E-state index contributed by atoms with van der Waals surface area (Å²) >= 11 is 1.40. The van der Waals surface area contributed by atoms with Crippen LogP contribution in [-0.2, 0) is 0 Å². The summed E-state index contributed by atoms with van der Waals surface area (Å²) in [5.74, 6) is 0.382. The lowest BCUT2D eigenvalue weighted by Gasteiger charge is -2.20. The average molecular weight is 320 g/mol. The lowest BCUT2D eigenvalue weighted by molar-refractivity contribution is 0.0949. The maximum Gasteiger partial charge on any atom is 0.263 e. The zero-order chi connectivity index (χ0) is 15.4. The van der Waals surface area contributed by atoms with Gasteiger partial charge in [0.2, 0.25) is 0 Å². The molecule has 1 amide bonds. The highest BCUT2D eigenvalue weighted by Gasteiger charge is 2.18. The number of hydrogen-bond acceptors (Lipinski definition) is 6. The van der Waals surface area contributed by atoms with Crippen LogP contribution in [0.5, 0.6) is 0 Å². The van der Waals surface area contributed by atoms with Gasteiger partial charge in [-0.15, -0.1) is 16.4 Å².